The van der Waals surface area contributed by atoms with Gasteiger partial charge in [-0.15, -0.1) is 10.2 Å². The summed E-state index contributed by atoms with van der Waals surface area (Å²) in [4.78, 5) is 14.4. The second-order valence-electron chi connectivity index (χ2n) is 6.19. The monoisotopic (exact) mass is 313 g/mol. The number of rotatable bonds is 3. The largest absolute Gasteiger partial charge is 0.328 e. The van der Waals surface area contributed by atoms with Crippen LogP contribution in [0.3, 0.4) is 0 Å². The lowest BCUT2D eigenvalue weighted by atomic mass is 9.87. The number of aryl methyl sites for hydroxylation is 2. The normalized spacial score (nSPS) is 18.1. The molecule has 0 fully saturated rings. The van der Waals surface area contributed by atoms with E-state index >= 15 is 0 Å². The molecule has 6 nitrogen and oxygen atoms in total. The molecule has 1 heterocycles. The van der Waals surface area contributed by atoms with Crippen molar-refractivity contribution in [3.8, 4) is 0 Å². The maximum atomic E-state index is 12.6. The van der Waals surface area contributed by atoms with E-state index in [1.165, 1.54) is 11.1 Å². The zero-order chi connectivity index (χ0) is 16.4. The van der Waals surface area contributed by atoms with Crippen LogP contribution in [0.4, 0.5) is 4.79 Å². The van der Waals surface area contributed by atoms with E-state index in [1.807, 2.05) is 36.6 Å². The van der Waals surface area contributed by atoms with Gasteiger partial charge in [0.25, 0.3) is 0 Å². The van der Waals surface area contributed by atoms with E-state index in [2.05, 4.69) is 33.7 Å². The smallest absolute Gasteiger partial charge is 0.318 e. The molecule has 1 aromatic heterocycles. The van der Waals surface area contributed by atoms with Gasteiger partial charge in [-0.2, -0.15) is 0 Å². The highest BCUT2D eigenvalue weighted by Gasteiger charge is 2.27. The molecule has 3 rings (SSSR count). The van der Waals surface area contributed by atoms with Gasteiger partial charge in [0.2, 0.25) is 0 Å². The van der Waals surface area contributed by atoms with E-state index in [9.17, 15) is 4.79 Å². The fourth-order valence-electron chi connectivity index (χ4n) is 3.31. The summed E-state index contributed by atoms with van der Waals surface area (Å²) >= 11 is 0. The number of hydrogen-bond acceptors (Lipinski definition) is 3. The van der Waals surface area contributed by atoms with Gasteiger partial charge in [-0.3, -0.25) is 0 Å². The van der Waals surface area contributed by atoms with Gasteiger partial charge >= 0.3 is 6.03 Å². The fourth-order valence-corrected chi connectivity index (χ4v) is 3.31. The number of carbonyl (C=O) groups excluding carboxylic acids is 1. The van der Waals surface area contributed by atoms with E-state index in [0.29, 0.717) is 0 Å². The number of nitrogens with one attached hydrogen (secondary N) is 1. The molecule has 2 atom stereocenters. The minimum atomic E-state index is -0.184. The molecule has 1 aliphatic carbocycles. The Labute approximate surface area is 136 Å². The van der Waals surface area contributed by atoms with Crippen LogP contribution in [0.25, 0.3) is 0 Å². The van der Waals surface area contributed by atoms with Crippen molar-refractivity contribution in [3.63, 3.8) is 0 Å². The SMILES string of the molecule is C[C@@H](NC(=O)N(C)[C@@H]1CCCc2ccccc21)c1nncn1C. The van der Waals surface area contributed by atoms with E-state index in [1.54, 1.807) is 6.33 Å². The van der Waals surface area contributed by atoms with Crippen molar-refractivity contribution in [3.05, 3.63) is 47.5 Å². The van der Waals surface area contributed by atoms with E-state index in [0.717, 1.165) is 25.1 Å². The van der Waals surface area contributed by atoms with Crippen molar-refractivity contribution < 1.29 is 4.79 Å². The number of carbonyl (C=O) groups is 1. The summed E-state index contributed by atoms with van der Waals surface area (Å²) in [5.74, 6) is 0.746. The van der Waals surface area contributed by atoms with E-state index in [-0.39, 0.29) is 18.1 Å². The Hall–Kier alpha value is -2.37. The molecule has 0 unspecified atom stereocenters. The Bertz CT molecular complexity index is 696. The van der Waals surface area contributed by atoms with Crippen molar-refractivity contribution in [1.82, 2.24) is 25.0 Å². The maximum Gasteiger partial charge on any atom is 0.318 e. The zero-order valence-electron chi connectivity index (χ0n) is 13.9. The Morgan fingerprint density at radius 2 is 2.22 bits per heavy atom. The van der Waals surface area contributed by atoms with Gasteiger partial charge in [-0.25, -0.2) is 4.79 Å². The van der Waals surface area contributed by atoms with Gasteiger partial charge in [-0.1, -0.05) is 24.3 Å². The highest BCUT2D eigenvalue weighted by atomic mass is 16.2. The zero-order valence-corrected chi connectivity index (χ0v) is 13.9. The van der Waals surface area contributed by atoms with Crippen LogP contribution in [0.2, 0.25) is 0 Å². The highest BCUT2D eigenvalue weighted by Crippen LogP contribution is 2.33. The van der Waals surface area contributed by atoms with Crippen LogP contribution in [-0.4, -0.2) is 32.7 Å². The number of nitrogens with zero attached hydrogens (tertiary/aromatic N) is 4. The first kappa shape index (κ1) is 15.5. The van der Waals surface area contributed by atoms with Crippen LogP contribution in [0.5, 0.6) is 0 Å². The first-order valence-corrected chi connectivity index (χ1v) is 8.03. The van der Waals surface area contributed by atoms with Crippen molar-refractivity contribution in [2.24, 2.45) is 7.05 Å². The van der Waals surface area contributed by atoms with Crippen molar-refractivity contribution in [1.29, 1.82) is 0 Å². The minimum Gasteiger partial charge on any atom is -0.328 e. The minimum absolute atomic E-state index is 0.0813. The maximum absolute atomic E-state index is 12.6. The molecule has 122 valence electrons. The molecule has 23 heavy (non-hydrogen) atoms. The number of hydrogen-bond donors (Lipinski definition) is 1. The summed E-state index contributed by atoms with van der Waals surface area (Å²) < 4.78 is 1.82. The molecule has 0 saturated carbocycles. The van der Waals surface area contributed by atoms with Gasteiger partial charge < -0.3 is 14.8 Å². The van der Waals surface area contributed by atoms with Crippen LogP contribution >= 0.6 is 0 Å². The fraction of sp³-hybridized carbons (Fsp3) is 0.471. The summed E-state index contributed by atoms with van der Waals surface area (Å²) in [6, 6.07) is 8.28. The number of urea groups is 1. The number of amides is 2. The molecule has 2 amide bonds. The molecular weight excluding hydrogens is 290 g/mol. The van der Waals surface area contributed by atoms with E-state index in [4.69, 9.17) is 0 Å². The van der Waals surface area contributed by atoms with Crippen molar-refractivity contribution >= 4 is 6.03 Å². The summed E-state index contributed by atoms with van der Waals surface area (Å²) in [6.45, 7) is 1.92. The summed E-state index contributed by atoms with van der Waals surface area (Å²) in [6.07, 6.45) is 4.84. The molecule has 2 aromatic rings. The number of fused-ring (bicyclic) bond motifs is 1. The first-order valence-electron chi connectivity index (χ1n) is 8.03. The highest BCUT2D eigenvalue weighted by molar-refractivity contribution is 5.75. The van der Waals surface area contributed by atoms with Crippen LogP contribution in [0.15, 0.2) is 30.6 Å². The third-order valence-electron chi connectivity index (χ3n) is 4.60. The lowest BCUT2D eigenvalue weighted by Gasteiger charge is -2.34. The van der Waals surface area contributed by atoms with Crippen LogP contribution in [-0.2, 0) is 13.5 Å². The lowest BCUT2D eigenvalue weighted by Crippen LogP contribution is -2.42. The second kappa shape index (κ2) is 6.40. The molecule has 1 aliphatic rings. The summed E-state index contributed by atoms with van der Waals surface area (Å²) in [5, 5.41) is 10.9. The van der Waals surface area contributed by atoms with Crippen LogP contribution in [0, 0.1) is 0 Å². The Morgan fingerprint density at radius 1 is 1.43 bits per heavy atom. The molecule has 0 spiro atoms. The molecular formula is C17H23N5O. The summed E-state index contributed by atoms with van der Waals surface area (Å²) in [5.41, 5.74) is 2.62. The van der Waals surface area contributed by atoms with Crippen molar-refractivity contribution in [2.45, 2.75) is 38.3 Å². The quantitative estimate of drug-likeness (QED) is 0.947. The molecule has 0 saturated heterocycles. The third-order valence-corrected chi connectivity index (χ3v) is 4.60. The third kappa shape index (κ3) is 3.06. The first-order chi connectivity index (χ1) is 11.1. The standard InChI is InChI=1S/C17H23N5O/c1-12(16-20-18-11-21(16)2)19-17(23)22(3)15-10-6-8-13-7-4-5-9-14(13)15/h4-5,7,9,11-12,15H,6,8,10H2,1-3H3,(H,19,23)/t12-,15-/m1/s1. The van der Waals surface area contributed by atoms with Gasteiger partial charge in [-0.05, 0) is 37.3 Å². The van der Waals surface area contributed by atoms with Gasteiger partial charge in [0.05, 0.1) is 12.1 Å². The average Bonchev–Trinajstić information content (AvgIpc) is 2.99. The Balaban J connectivity index is 1.72. The predicted molar refractivity (Wildman–Crippen MR) is 87.8 cm³/mol. The van der Waals surface area contributed by atoms with Gasteiger partial charge in [0.15, 0.2) is 5.82 Å². The summed E-state index contributed by atoms with van der Waals surface area (Å²) in [7, 11) is 3.74. The van der Waals surface area contributed by atoms with Crippen molar-refractivity contribution in [2.75, 3.05) is 7.05 Å². The Morgan fingerprint density at radius 3 is 2.96 bits per heavy atom. The van der Waals surface area contributed by atoms with Crippen LogP contribution in [0.1, 0.15) is 48.8 Å². The average molecular weight is 313 g/mol. The van der Waals surface area contributed by atoms with Gasteiger partial charge in [0, 0.05) is 14.1 Å². The number of aromatic nitrogens is 3. The number of benzene rings is 1. The molecule has 0 bridgehead atoms. The molecule has 0 radical (unpaired) electrons. The molecule has 6 heteroatoms. The Kier molecular flexibility index (Phi) is 4.32. The predicted octanol–water partition coefficient (Wildman–Crippen LogP) is 2.60. The second-order valence-corrected chi connectivity index (χ2v) is 6.19. The molecule has 1 aromatic carbocycles. The topological polar surface area (TPSA) is 63.1 Å². The van der Waals surface area contributed by atoms with Crippen LogP contribution < -0.4 is 5.32 Å². The lowest BCUT2D eigenvalue weighted by molar-refractivity contribution is 0.180. The molecule has 1 N–H and O–H groups in total. The van der Waals surface area contributed by atoms with E-state index < -0.39 is 0 Å². The van der Waals surface area contributed by atoms with Gasteiger partial charge in [0.1, 0.15) is 6.33 Å². The molecule has 0 aliphatic heterocycles.